The molecule has 0 aliphatic carbocycles. The maximum atomic E-state index is 13.1. The second kappa shape index (κ2) is 13.4. The van der Waals surface area contributed by atoms with Crippen molar-refractivity contribution in [2.24, 2.45) is 5.92 Å². The van der Waals surface area contributed by atoms with E-state index in [0.29, 0.717) is 30.7 Å². The average molecular weight is 662 g/mol. The Morgan fingerprint density at radius 2 is 1.85 bits per heavy atom. The summed E-state index contributed by atoms with van der Waals surface area (Å²) in [5.74, 6) is 2.10. The highest BCUT2D eigenvalue weighted by Crippen LogP contribution is 2.46. The van der Waals surface area contributed by atoms with Crippen molar-refractivity contribution in [3.8, 4) is 0 Å². The number of carbonyl (C=O) groups is 1. The van der Waals surface area contributed by atoms with Crippen LogP contribution >= 0.6 is 0 Å². The molecule has 0 saturated carbocycles. The van der Waals surface area contributed by atoms with Gasteiger partial charge in [-0.3, -0.25) is 4.79 Å². The smallest absolute Gasteiger partial charge is 0.246 e. The number of sulfone groups is 1. The molecular weight excluding hydrogens is 614 g/mol. The highest BCUT2D eigenvalue weighted by molar-refractivity contribution is 7.90. The van der Waals surface area contributed by atoms with Crippen LogP contribution < -0.4 is 15.1 Å². The first kappa shape index (κ1) is 33.1. The summed E-state index contributed by atoms with van der Waals surface area (Å²) in [7, 11) is -1.35. The van der Waals surface area contributed by atoms with Crippen molar-refractivity contribution in [2.45, 2.75) is 70.1 Å². The van der Waals surface area contributed by atoms with Crippen molar-refractivity contribution in [1.82, 2.24) is 19.9 Å². The summed E-state index contributed by atoms with van der Waals surface area (Å²) in [6.07, 6.45) is 12.4. The van der Waals surface area contributed by atoms with Crippen molar-refractivity contribution in [1.29, 1.82) is 0 Å². The molecule has 3 aliphatic heterocycles. The van der Waals surface area contributed by atoms with Crippen LogP contribution in [-0.2, 0) is 19.4 Å². The molecule has 2 atom stereocenters. The van der Waals surface area contributed by atoms with Gasteiger partial charge in [-0.2, -0.15) is 4.98 Å². The van der Waals surface area contributed by atoms with Gasteiger partial charge in [0.25, 0.3) is 0 Å². The van der Waals surface area contributed by atoms with Gasteiger partial charge in [0.15, 0.2) is 0 Å². The highest BCUT2D eigenvalue weighted by atomic mass is 32.2. The molecule has 0 unspecified atom stereocenters. The molecule has 47 heavy (non-hydrogen) atoms. The Balaban J connectivity index is 1.37. The zero-order chi connectivity index (χ0) is 33.3. The number of aromatic nitrogens is 3. The Labute approximate surface area is 278 Å². The standard InChI is InChI=1S/C35H47N7O4S/c1-6-33(43)41-17-9-7-8-10-29(41)26-11-12-30(42-22-24(35(42,2)3)23-47(5,44)45)28-21-37-32(20-27(26)28)38-31-13-16-36-34(39-31)40-18-14-25(46-4)15-19-40/h6,11-13,16,20-21,24-25,29H,1,7-10,14-15,17-19,22-23H2,2-5H3,(H,36,37,38,39)/t24-,29-/m1/s1. The molecule has 0 spiro atoms. The summed E-state index contributed by atoms with van der Waals surface area (Å²) in [6, 6.07) is 8.07. The molecule has 0 radical (unpaired) electrons. The van der Waals surface area contributed by atoms with E-state index in [1.165, 1.54) is 12.3 Å². The van der Waals surface area contributed by atoms with Gasteiger partial charge in [0.2, 0.25) is 11.9 Å². The predicted molar refractivity (Wildman–Crippen MR) is 187 cm³/mol. The fourth-order valence-corrected chi connectivity index (χ4v) is 8.71. The lowest BCUT2D eigenvalue weighted by Gasteiger charge is -2.57. The third-order valence-corrected chi connectivity index (χ3v) is 11.3. The van der Waals surface area contributed by atoms with Crippen molar-refractivity contribution >= 4 is 49.8 Å². The molecule has 2 aromatic heterocycles. The van der Waals surface area contributed by atoms with Gasteiger partial charge in [0.1, 0.15) is 21.5 Å². The third-order valence-electron chi connectivity index (χ3n) is 10.3. The minimum atomic E-state index is -3.11. The summed E-state index contributed by atoms with van der Waals surface area (Å²) in [5, 5.41) is 5.40. The normalized spacial score (nSPS) is 22.1. The number of methoxy groups -OCH3 is 1. The molecule has 252 valence electrons. The maximum Gasteiger partial charge on any atom is 0.246 e. The van der Waals surface area contributed by atoms with Gasteiger partial charge < -0.3 is 24.8 Å². The number of carbonyl (C=O) groups excluding carboxylic acids is 1. The Bertz CT molecular complexity index is 1740. The van der Waals surface area contributed by atoms with Gasteiger partial charge in [-0.15, -0.1) is 0 Å². The second-order valence-electron chi connectivity index (χ2n) is 13.7. The quantitative estimate of drug-likeness (QED) is 0.304. The second-order valence-corrected chi connectivity index (χ2v) is 15.9. The van der Waals surface area contributed by atoms with E-state index in [1.807, 2.05) is 17.2 Å². The van der Waals surface area contributed by atoms with Crippen LogP contribution in [0.5, 0.6) is 0 Å². The summed E-state index contributed by atoms with van der Waals surface area (Å²) in [4.78, 5) is 33.7. The maximum absolute atomic E-state index is 13.1. The third kappa shape index (κ3) is 6.94. The Hall–Kier alpha value is -3.77. The molecular formula is C35H47N7O4S. The van der Waals surface area contributed by atoms with E-state index in [1.54, 1.807) is 13.3 Å². The number of benzene rings is 1. The number of anilines is 4. The molecule has 3 saturated heterocycles. The van der Waals surface area contributed by atoms with E-state index in [-0.39, 0.29) is 35.3 Å². The lowest BCUT2D eigenvalue weighted by Crippen LogP contribution is -2.66. The van der Waals surface area contributed by atoms with Crippen LogP contribution in [-0.4, -0.2) is 91.1 Å². The number of hydrogen-bond acceptors (Lipinski definition) is 10. The van der Waals surface area contributed by atoms with Gasteiger partial charge in [0, 0.05) is 74.5 Å². The van der Waals surface area contributed by atoms with E-state index in [0.717, 1.165) is 73.6 Å². The number of nitrogens with one attached hydrogen (secondary N) is 1. The Morgan fingerprint density at radius 1 is 1.06 bits per heavy atom. The van der Waals surface area contributed by atoms with Crippen LogP contribution in [0.2, 0.25) is 0 Å². The van der Waals surface area contributed by atoms with Gasteiger partial charge >= 0.3 is 0 Å². The average Bonchev–Trinajstić information content (AvgIpc) is 3.32. The minimum Gasteiger partial charge on any atom is -0.381 e. The Morgan fingerprint density at radius 3 is 2.55 bits per heavy atom. The molecule has 5 heterocycles. The van der Waals surface area contributed by atoms with E-state index >= 15 is 0 Å². The van der Waals surface area contributed by atoms with Crippen molar-refractivity contribution < 1.29 is 17.9 Å². The summed E-state index contributed by atoms with van der Waals surface area (Å²) in [5.41, 5.74) is 1.73. The first-order chi connectivity index (χ1) is 22.5. The first-order valence-electron chi connectivity index (χ1n) is 16.7. The van der Waals surface area contributed by atoms with Crippen LogP contribution in [0, 0.1) is 5.92 Å². The van der Waals surface area contributed by atoms with Gasteiger partial charge in [0.05, 0.1) is 17.9 Å². The van der Waals surface area contributed by atoms with Crippen LogP contribution in [0.4, 0.5) is 23.3 Å². The number of pyridine rings is 1. The van der Waals surface area contributed by atoms with E-state index in [2.05, 4.69) is 58.7 Å². The lowest BCUT2D eigenvalue weighted by atomic mass is 9.77. The van der Waals surface area contributed by atoms with Crippen LogP contribution in [0.1, 0.15) is 64.0 Å². The summed E-state index contributed by atoms with van der Waals surface area (Å²) in [6.45, 7) is 11.0. The van der Waals surface area contributed by atoms with Crippen LogP contribution in [0.25, 0.3) is 10.8 Å². The number of piperidine rings is 1. The summed E-state index contributed by atoms with van der Waals surface area (Å²) >= 11 is 0. The summed E-state index contributed by atoms with van der Waals surface area (Å²) < 4.78 is 29.9. The molecule has 1 amide bonds. The molecule has 3 aliphatic rings. The number of ether oxygens (including phenoxy) is 1. The molecule has 6 rings (SSSR count). The number of rotatable bonds is 9. The van der Waals surface area contributed by atoms with Gasteiger partial charge in [-0.05, 0) is 74.8 Å². The van der Waals surface area contributed by atoms with Crippen molar-refractivity contribution in [3.05, 3.63) is 54.9 Å². The van der Waals surface area contributed by atoms with Gasteiger partial charge in [-0.1, -0.05) is 25.5 Å². The lowest BCUT2D eigenvalue weighted by molar-refractivity contribution is -0.128. The zero-order valence-electron chi connectivity index (χ0n) is 28.0. The predicted octanol–water partition coefficient (Wildman–Crippen LogP) is 5.27. The SMILES string of the molecule is C=CC(=O)N1CCCCC[C@@H]1c1ccc(N2C[C@H](CS(C)(=O)=O)C2(C)C)c2cnc(Nc3ccnc(N4CCC(OC)CC4)n3)cc12. The van der Waals surface area contributed by atoms with E-state index in [4.69, 9.17) is 14.7 Å². The van der Waals surface area contributed by atoms with Crippen LogP contribution in [0.3, 0.4) is 0 Å². The number of nitrogens with zero attached hydrogens (tertiary/aromatic N) is 6. The van der Waals surface area contributed by atoms with Crippen LogP contribution in [0.15, 0.2) is 49.3 Å². The molecule has 1 aromatic carbocycles. The number of hydrogen-bond donors (Lipinski definition) is 1. The molecule has 0 bridgehead atoms. The molecule has 12 heteroatoms. The largest absolute Gasteiger partial charge is 0.381 e. The Kier molecular flexibility index (Phi) is 9.44. The fourth-order valence-electron chi connectivity index (χ4n) is 7.46. The van der Waals surface area contributed by atoms with E-state index in [9.17, 15) is 13.2 Å². The molecule has 1 N–H and O–H groups in total. The topological polar surface area (TPSA) is 121 Å². The van der Waals surface area contributed by atoms with E-state index < -0.39 is 9.84 Å². The highest BCUT2D eigenvalue weighted by Gasteiger charge is 2.48. The number of fused-ring (bicyclic) bond motifs is 1. The van der Waals surface area contributed by atoms with Crippen molar-refractivity contribution in [3.63, 3.8) is 0 Å². The van der Waals surface area contributed by atoms with Gasteiger partial charge in [-0.25, -0.2) is 18.4 Å². The minimum absolute atomic E-state index is 0.0240. The molecule has 3 aromatic rings. The fraction of sp³-hybridized carbons (Fsp3) is 0.543. The number of likely N-dealkylation sites (tertiary alicyclic amines) is 1. The molecule has 11 nitrogen and oxygen atoms in total. The molecule has 3 fully saturated rings. The number of amides is 1. The zero-order valence-corrected chi connectivity index (χ0v) is 28.8. The van der Waals surface area contributed by atoms with Crippen molar-refractivity contribution in [2.75, 3.05) is 60.4 Å². The first-order valence-corrected chi connectivity index (χ1v) is 18.7. The monoisotopic (exact) mass is 661 g/mol.